The molecule has 1 aromatic heterocycles. The minimum atomic E-state index is -0.227. The molecule has 0 aliphatic rings. The van der Waals surface area contributed by atoms with Gasteiger partial charge in [-0.15, -0.1) is 24.0 Å². The zero-order valence-electron chi connectivity index (χ0n) is 17.6. The maximum atomic E-state index is 11.8. The van der Waals surface area contributed by atoms with Crippen LogP contribution in [-0.4, -0.2) is 44.7 Å². The highest BCUT2D eigenvalue weighted by Gasteiger charge is 2.06. The number of ether oxygens (including phenoxy) is 1. The van der Waals surface area contributed by atoms with Gasteiger partial charge in [0.1, 0.15) is 5.75 Å². The van der Waals surface area contributed by atoms with Crippen molar-refractivity contribution < 1.29 is 13.9 Å². The molecule has 0 aliphatic carbocycles. The van der Waals surface area contributed by atoms with Crippen LogP contribution in [0, 0.1) is 0 Å². The summed E-state index contributed by atoms with van der Waals surface area (Å²) in [7, 11) is 0. The molecular weight excluding hydrogens is 507 g/mol. The summed E-state index contributed by atoms with van der Waals surface area (Å²) in [5.74, 6) is 1.67. The van der Waals surface area contributed by atoms with Crippen LogP contribution in [-0.2, 0) is 0 Å². The Morgan fingerprint density at radius 2 is 1.81 bits per heavy atom. The Hall–Kier alpha value is -2.75. The van der Waals surface area contributed by atoms with E-state index in [0.29, 0.717) is 32.0 Å². The molecule has 0 atom stereocenters. The van der Waals surface area contributed by atoms with Gasteiger partial charge in [0, 0.05) is 32.6 Å². The molecule has 1 amide bonds. The van der Waals surface area contributed by atoms with Gasteiger partial charge in [-0.25, -0.2) is 0 Å². The molecule has 0 saturated carbocycles. The first-order valence-electron chi connectivity index (χ1n) is 10.2. The number of amides is 1. The Balaban J connectivity index is 0.00000341. The summed E-state index contributed by atoms with van der Waals surface area (Å²) >= 11 is 0. The Morgan fingerprint density at radius 3 is 2.58 bits per heavy atom. The average Bonchev–Trinajstić information content (AvgIpc) is 3.31. The zero-order chi connectivity index (χ0) is 21.0. The lowest BCUT2D eigenvalue weighted by Gasteiger charge is -2.12. The molecule has 0 unspecified atom stereocenters. The molecule has 3 N–H and O–H groups in total. The number of furan rings is 1. The van der Waals surface area contributed by atoms with E-state index in [0.717, 1.165) is 24.7 Å². The number of hydrogen-bond acceptors (Lipinski definition) is 4. The van der Waals surface area contributed by atoms with Gasteiger partial charge in [0.15, 0.2) is 11.7 Å². The third-order valence-corrected chi connectivity index (χ3v) is 4.35. The molecule has 0 radical (unpaired) electrons. The van der Waals surface area contributed by atoms with E-state index in [1.807, 2.05) is 25.1 Å². The van der Waals surface area contributed by atoms with Gasteiger partial charge in [-0.2, -0.15) is 0 Å². The van der Waals surface area contributed by atoms with Crippen molar-refractivity contribution in [2.24, 2.45) is 4.99 Å². The number of guanidine groups is 1. The molecular formula is C23H29IN4O3. The summed E-state index contributed by atoms with van der Waals surface area (Å²) in [5, 5.41) is 11.6. The van der Waals surface area contributed by atoms with Gasteiger partial charge in [-0.3, -0.25) is 9.79 Å². The van der Waals surface area contributed by atoms with E-state index in [9.17, 15) is 4.79 Å². The van der Waals surface area contributed by atoms with Crippen LogP contribution in [0.5, 0.6) is 5.75 Å². The predicted octanol–water partition coefficient (Wildman–Crippen LogP) is 3.80. The highest BCUT2D eigenvalue weighted by Crippen LogP contribution is 2.20. The minimum Gasteiger partial charge on any atom is -0.494 e. The molecule has 0 fully saturated rings. The standard InChI is InChI=1S/C23H28N4O3.HI/c1-2-24-23(27-14-13-25-22(28)21-9-5-15-30-21)26-12-6-16-29-20-11-10-18-7-3-4-8-19(18)17-20;/h3-5,7-11,15,17H,2,6,12-14,16H2,1H3,(H,25,28)(H2,24,26,27);1H. The van der Waals surface area contributed by atoms with Gasteiger partial charge >= 0.3 is 0 Å². The second-order valence-corrected chi connectivity index (χ2v) is 6.63. The van der Waals surface area contributed by atoms with E-state index in [2.05, 4.69) is 45.2 Å². The van der Waals surface area contributed by atoms with Crippen molar-refractivity contribution >= 4 is 46.6 Å². The van der Waals surface area contributed by atoms with E-state index in [1.54, 1.807) is 12.1 Å². The summed E-state index contributed by atoms with van der Waals surface area (Å²) in [4.78, 5) is 16.4. The van der Waals surface area contributed by atoms with Gasteiger partial charge in [-0.05, 0) is 42.0 Å². The van der Waals surface area contributed by atoms with Crippen LogP contribution in [0.25, 0.3) is 10.8 Å². The second kappa shape index (κ2) is 13.5. The number of hydrogen-bond donors (Lipinski definition) is 3. The number of carbonyl (C=O) groups is 1. The van der Waals surface area contributed by atoms with E-state index in [1.165, 1.54) is 17.0 Å². The highest BCUT2D eigenvalue weighted by molar-refractivity contribution is 14.0. The van der Waals surface area contributed by atoms with Crippen LogP contribution in [0.15, 0.2) is 70.3 Å². The lowest BCUT2D eigenvalue weighted by Crippen LogP contribution is -2.41. The number of nitrogens with one attached hydrogen (secondary N) is 3. The van der Waals surface area contributed by atoms with Crippen LogP contribution in [0.1, 0.15) is 23.9 Å². The van der Waals surface area contributed by atoms with Gasteiger partial charge in [-0.1, -0.05) is 30.3 Å². The molecule has 31 heavy (non-hydrogen) atoms. The Bertz CT molecular complexity index is 960. The van der Waals surface area contributed by atoms with Crippen molar-refractivity contribution in [3.8, 4) is 5.75 Å². The summed E-state index contributed by atoms with van der Waals surface area (Å²) in [6.07, 6.45) is 2.28. The third kappa shape index (κ3) is 8.12. The summed E-state index contributed by atoms with van der Waals surface area (Å²) < 4.78 is 10.9. The molecule has 3 rings (SSSR count). The smallest absolute Gasteiger partial charge is 0.287 e. The van der Waals surface area contributed by atoms with Gasteiger partial charge in [0.25, 0.3) is 5.91 Å². The van der Waals surface area contributed by atoms with Crippen LogP contribution in [0.3, 0.4) is 0 Å². The molecule has 7 nitrogen and oxygen atoms in total. The van der Waals surface area contributed by atoms with Crippen LogP contribution in [0.2, 0.25) is 0 Å². The summed E-state index contributed by atoms with van der Waals surface area (Å²) in [6.45, 7) is 5.04. The quantitative estimate of drug-likeness (QED) is 0.159. The van der Waals surface area contributed by atoms with Gasteiger partial charge in [0.2, 0.25) is 0 Å². The molecule has 0 spiro atoms. The number of rotatable bonds is 10. The normalized spacial score (nSPS) is 10.9. The summed E-state index contributed by atoms with van der Waals surface area (Å²) in [5.41, 5.74) is 0. The fraction of sp³-hybridized carbons (Fsp3) is 0.304. The monoisotopic (exact) mass is 536 g/mol. The number of nitrogens with zero attached hydrogens (tertiary/aromatic N) is 1. The number of aliphatic imine (C=N–C) groups is 1. The van der Waals surface area contributed by atoms with Crippen molar-refractivity contribution in [3.05, 3.63) is 66.6 Å². The van der Waals surface area contributed by atoms with Gasteiger partial charge in [0.05, 0.1) is 12.9 Å². The first kappa shape index (κ1) is 24.5. The molecule has 2 aromatic carbocycles. The number of benzene rings is 2. The minimum absolute atomic E-state index is 0. The lowest BCUT2D eigenvalue weighted by atomic mass is 10.1. The van der Waals surface area contributed by atoms with E-state index < -0.39 is 0 Å². The molecule has 8 heteroatoms. The number of fused-ring (bicyclic) bond motifs is 1. The van der Waals surface area contributed by atoms with Crippen LogP contribution < -0.4 is 20.7 Å². The van der Waals surface area contributed by atoms with E-state index in [-0.39, 0.29) is 29.9 Å². The summed E-state index contributed by atoms with van der Waals surface area (Å²) in [6, 6.07) is 17.7. The molecule has 3 aromatic rings. The molecule has 0 saturated heterocycles. The molecule has 1 heterocycles. The average molecular weight is 536 g/mol. The first-order chi connectivity index (χ1) is 14.8. The van der Waals surface area contributed by atoms with Gasteiger partial charge < -0.3 is 25.1 Å². The Morgan fingerprint density at radius 1 is 1.00 bits per heavy atom. The van der Waals surface area contributed by atoms with Crippen molar-refractivity contribution in [1.29, 1.82) is 0 Å². The topological polar surface area (TPSA) is 87.9 Å². The Labute approximate surface area is 199 Å². The highest BCUT2D eigenvalue weighted by atomic mass is 127. The zero-order valence-corrected chi connectivity index (χ0v) is 19.9. The lowest BCUT2D eigenvalue weighted by molar-refractivity contribution is 0.0926. The van der Waals surface area contributed by atoms with E-state index >= 15 is 0 Å². The molecule has 0 aliphatic heterocycles. The first-order valence-corrected chi connectivity index (χ1v) is 10.2. The van der Waals surface area contributed by atoms with Crippen molar-refractivity contribution in [1.82, 2.24) is 16.0 Å². The SMILES string of the molecule is CCNC(=NCCCOc1ccc2ccccc2c1)NCCNC(=O)c1ccco1.I. The molecule has 0 bridgehead atoms. The number of carbonyl (C=O) groups excluding carboxylic acids is 1. The largest absolute Gasteiger partial charge is 0.494 e. The van der Waals surface area contributed by atoms with E-state index in [4.69, 9.17) is 9.15 Å². The fourth-order valence-electron chi connectivity index (χ4n) is 2.90. The predicted molar refractivity (Wildman–Crippen MR) is 134 cm³/mol. The third-order valence-electron chi connectivity index (χ3n) is 4.35. The van der Waals surface area contributed by atoms with Crippen LogP contribution >= 0.6 is 24.0 Å². The van der Waals surface area contributed by atoms with Crippen molar-refractivity contribution in [3.63, 3.8) is 0 Å². The van der Waals surface area contributed by atoms with Crippen molar-refractivity contribution in [2.45, 2.75) is 13.3 Å². The van der Waals surface area contributed by atoms with Crippen LogP contribution in [0.4, 0.5) is 0 Å². The second-order valence-electron chi connectivity index (χ2n) is 6.63. The van der Waals surface area contributed by atoms with Crippen molar-refractivity contribution in [2.75, 3.05) is 32.8 Å². The fourth-order valence-corrected chi connectivity index (χ4v) is 2.90. The maximum Gasteiger partial charge on any atom is 0.287 e. The molecule has 166 valence electrons. The maximum absolute atomic E-state index is 11.8. The number of halogens is 1. The Kier molecular flexibility index (Phi) is 10.7.